The van der Waals surface area contributed by atoms with E-state index in [1.165, 1.54) is 0 Å². The molecule has 1 fully saturated rings. The van der Waals surface area contributed by atoms with Gasteiger partial charge >= 0.3 is 6.09 Å². The van der Waals surface area contributed by atoms with Crippen molar-refractivity contribution in [1.29, 1.82) is 0 Å². The highest BCUT2D eigenvalue weighted by Crippen LogP contribution is 2.47. The molecule has 0 N–H and O–H groups in total. The number of amides is 1. The molecule has 3 atom stereocenters. The first-order chi connectivity index (χ1) is 12.0. The molecule has 2 aromatic carbocycles. The molecule has 0 unspecified atom stereocenters. The second kappa shape index (κ2) is 6.71. The first kappa shape index (κ1) is 17.2. The van der Waals surface area contributed by atoms with Gasteiger partial charge in [0.05, 0.1) is 0 Å². The maximum Gasteiger partial charge on any atom is 0.411 e. The average molecular weight is 337 g/mol. The maximum atomic E-state index is 12.8. The fourth-order valence-corrected chi connectivity index (χ4v) is 3.31. The zero-order valence-corrected chi connectivity index (χ0v) is 14.8. The van der Waals surface area contributed by atoms with Crippen molar-refractivity contribution in [2.24, 2.45) is 5.92 Å². The van der Waals surface area contributed by atoms with Crippen molar-refractivity contribution in [1.82, 2.24) is 4.90 Å². The summed E-state index contributed by atoms with van der Waals surface area (Å²) in [6.45, 7) is 5.69. The highest BCUT2D eigenvalue weighted by atomic mass is 16.6. The number of benzene rings is 2. The Morgan fingerprint density at radius 1 is 1.00 bits per heavy atom. The molecule has 0 bridgehead atoms. The number of hydrogen-bond donors (Lipinski definition) is 0. The molecule has 1 amide bonds. The van der Waals surface area contributed by atoms with E-state index in [2.05, 4.69) is 0 Å². The van der Waals surface area contributed by atoms with Gasteiger partial charge in [0.2, 0.25) is 0 Å². The van der Waals surface area contributed by atoms with Crippen molar-refractivity contribution in [2.45, 2.75) is 38.5 Å². The highest BCUT2D eigenvalue weighted by Gasteiger charge is 2.52. The number of aldehydes is 1. The van der Waals surface area contributed by atoms with Crippen molar-refractivity contribution < 1.29 is 14.3 Å². The lowest BCUT2D eigenvalue weighted by molar-refractivity contribution is -0.119. The smallest absolute Gasteiger partial charge is 0.411 e. The Hall–Kier alpha value is -2.62. The van der Waals surface area contributed by atoms with Crippen LogP contribution < -0.4 is 0 Å². The minimum atomic E-state index is -0.943. The van der Waals surface area contributed by atoms with Crippen molar-refractivity contribution in [3.05, 3.63) is 71.8 Å². The van der Waals surface area contributed by atoms with Gasteiger partial charge < -0.3 is 9.53 Å². The summed E-state index contributed by atoms with van der Waals surface area (Å²) in [5, 5.41) is 0. The predicted molar refractivity (Wildman–Crippen MR) is 96.0 cm³/mol. The standard InChI is InChI=1S/C21H23NO3/c1-15(2)21(3,14-23)22-18(16-10-6-4-7-11-16)19(25-20(22)24)17-12-8-5-9-13-17/h4-15,18-19H,1-3H3/t18-,19+,21-/m0/s1. The zero-order chi connectivity index (χ0) is 18.0. The van der Waals surface area contributed by atoms with Crippen LogP contribution in [0.3, 0.4) is 0 Å². The van der Waals surface area contributed by atoms with Crippen LogP contribution >= 0.6 is 0 Å². The molecule has 1 aliphatic rings. The Bertz CT molecular complexity index is 744. The largest absolute Gasteiger partial charge is 0.439 e. The number of ether oxygens (including phenoxy) is 1. The van der Waals surface area contributed by atoms with Gasteiger partial charge in [0.25, 0.3) is 0 Å². The molecule has 0 aliphatic carbocycles. The van der Waals surface area contributed by atoms with Crippen molar-refractivity contribution >= 4 is 12.4 Å². The van der Waals surface area contributed by atoms with Crippen LogP contribution in [0.4, 0.5) is 4.79 Å². The van der Waals surface area contributed by atoms with Gasteiger partial charge in [-0.25, -0.2) is 4.79 Å². The number of carbonyl (C=O) groups excluding carboxylic acids is 2. The van der Waals surface area contributed by atoms with Crippen LogP contribution in [-0.4, -0.2) is 22.8 Å². The van der Waals surface area contributed by atoms with Crippen molar-refractivity contribution in [3.8, 4) is 0 Å². The average Bonchev–Trinajstić information content (AvgIpc) is 3.00. The molecule has 25 heavy (non-hydrogen) atoms. The second-order valence-electron chi connectivity index (χ2n) is 6.94. The van der Waals surface area contributed by atoms with E-state index in [-0.39, 0.29) is 12.0 Å². The topological polar surface area (TPSA) is 46.6 Å². The quantitative estimate of drug-likeness (QED) is 0.753. The lowest BCUT2D eigenvalue weighted by Crippen LogP contribution is -2.53. The first-order valence-corrected chi connectivity index (χ1v) is 8.55. The van der Waals surface area contributed by atoms with Gasteiger partial charge in [-0.05, 0) is 24.0 Å². The summed E-state index contributed by atoms with van der Waals surface area (Å²) < 4.78 is 5.75. The SMILES string of the molecule is CC(C)[C@](C)(C=O)N1C(=O)O[C@H](c2ccccc2)[C@@H]1c1ccccc1. The van der Waals surface area contributed by atoms with Gasteiger partial charge in [-0.1, -0.05) is 74.5 Å². The Labute approximate surface area is 148 Å². The van der Waals surface area contributed by atoms with Gasteiger partial charge in [-0.3, -0.25) is 4.90 Å². The van der Waals surface area contributed by atoms with Crippen LogP contribution in [0.15, 0.2) is 60.7 Å². The van der Waals surface area contributed by atoms with Crippen LogP contribution in [0.2, 0.25) is 0 Å². The minimum absolute atomic E-state index is 0.0433. The third kappa shape index (κ3) is 2.93. The monoisotopic (exact) mass is 337 g/mol. The fourth-order valence-electron chi connectivity index (χ4n) is 3.31. The first-order valence-electron chi connectivity index (χ1n) is 8.55. The molecular formula is C21H23NO3. The molecule has 1 heterocycles. The molecule has 130 valence electrons. The summed E-state index contributed by atoms with van der Waals surface area (Å²) in [4.78, 5) is 26.4. The molecule has 1 aliphatic heterocycles. The van der Waals surface area contributed by atoms with E-state index in [9.17, 15) is 9.59 Å². The van der Waals surface area contributed by atoms with E-state index >= 15 is 0 Å². The summed E-state index contributed by atoms with van der Waals surface area (Å²) in [6, 6.07) is 19.1. The summed E-state index contributed by atoms with van der Waals surface area (Å²) >= 11 is 0. The van der Waals surface area contributed by atoms with Crippen molar-refractivity contribution in [2.75, 3.05) is 0 Å². The molecule has 3 rings (SSSR count). The van der Waals surface area contributed by atoms with E-state index in [1.807, 2.05) is 74.5 Å². The lowest BCUT2D eigenvalue weighted by Gasteiger charge is -2.40. The number of hydrogen-bond acceptors (Lipinski definition) is 3. The van der Waals surface area contributed by atoms with E-state index in [0.29, 0.717) is 0 Å². The fraction of sp³-hybridized carbons (Fsp3) is 0.333. The number of nitrogens with zero attached hydrogens (tertiary/aromatic N) is 1. The summed E-state index contributed by atoms with van der Waals surface area (Å²) in [6.07, 6.45) is -0.0393. The molecule has 4 heteroatoms. The third-order valence-electron chi connectivity index (χ3n) is 5.19. The Balaban J connectivity index is 2.14. The zero-order valence-electron chi connectivity index (χ0n) is 14.8. The highest BCUT2D eigenvalue weighted by molar-refractivity contribution is 5.79. The van der Waals surface area contributed by atoms with Gasteiger partial charge in [-0.15, -0.1) is 0 Å². The predicted octanol–water partition coefficient (Wildman–Crippen LogP) is 4.53. The number of rotatable bonds is 5. The van der Waals surface area contributed by atoms with E-state index in [1.54, 1.807) is 11.8 Å². The Morgan fingerprint density at radius 2 is 1.52 bits per heavy atom. The minimum Gasteiger partial charge on any atom is -0.439 e. The molecule has 0 saturated carbocycles. The maximum absolute atomic E-state index is 12.8. The molecule has 0 spiro atoms. The number of cyclic esters (lactones) is 1. The van der Waals surface area contributed by atoms with Gasteiger partial charge in [0.15, 0.2) is 6.10 Å². The second-order valence-corrected chi connectivity index (χ2v) is 6.94. The van der Waals surface area contributed by atoms with Gasteiger partial charge in [-0.2, -0.15) is 0 Å². The molecule has 1 saturated heterocycles. The van der Waals surface area contributed by atoms with E-state index in [0.717, 1.165) is 17.4 Å². The molecule has 2 aromatic rings. The Kier molecular flexibility index (Phi) is 4.62. The van der Waals surface area contributed by atoms with Crippen LogP contribution in [0.1, 0.15) is 44.0 Å². The normalized spacial score (nSPS) is 22.6. The molecular weight excluding hydrogens is 314 g/mol. The van der Waals surface area contributed by atoms with Crippen molar-refractivity contribution in [3.63, 3.8) is 0 Å². The van der Waals surface area contributed by atoms with E-state index < -0.39 is 17.7 Å². The molecule has 4 nitrogen and oxygen atoms in total. The van der Waals surface area contributed by atoms with E-state index in [4.69, 9.17) is 4.74 Å². The number of carbonyl (C=O) groups is 2. The lowest BCUT2D eigenvalue weighted by atomic mass is 9.84. The molecule has 0 aromatic heterocycles. The summed E-state index contributed by atoms with van der Waals surface area (Å²) in [5.74, 6) is -0.0433. The third-order valence-corrected chi connectivity index (χ3v) is 5.19. The van der Waals surface area contributed by atoms with Crippen LogP contribution in [0, 0.1) is 5.92 Å². The Morgan fingerprint density at radius 3 is 2.00 bits per heavy atom. The summed E-state index contributed by atoms with van der Waals surface area (Å²) in [5.41, 5.74) is 0.932. The van der Waals surface area contributed by atoms with Gasteiger partial charge in [0.1, 0.15) is 17.9 Å². The molecule has 0 radical (unpaired) electrons. The summed E-state index contributed by atoms with van der Waals surface area (Å²) in [7, 11) is 0. The van der Waals surface area contributed by atoms with Crippen LogP contribution in [0.25, 0.3) is 0 Å². The van der Waals surface area contributed by atoms with Gasteiger partial charge in [0, 0.05) is 0 Å². The van der Waals surface area contributed by atoms with Crippen LogP contribution in [-0.2, 0) is 9.53 Å². The van der Waals surface area contributed by atoms with Crippen LogP contribution in [0.5, 0.6) is 0 Å².